The maximum atomic E-state index is 12.6. The number of aliphatic hydroxyl groups excluding tert-OH is 1. The molecule has 2 amide bonds. The number of aliphatic hydroxyl groups is 1. The van der Waals surface area contributed by atoms with Crippen molar-refractivity contribution in [2.75, 3.05) is 6.61 Å². The van der Waals surface area contributed by atoms with Crippen LogP contribution >= 0.6 is 0 Å². The molecule has 0 bridgehead atoms. The minimum atomic E-state index is -1.18. The summed E-state index contributed by atoms with van der Waals surface area (Å²) >= 11 is 0. The first kappa shape index (κ1) is 18.5. The molecule has 2 atom stereocenters. The maximum absolute atomic E-state index is 12.6. The minimum Gasteiger partial charge on any atom is -0.447 e. The number of hydrogen-bond acceptors (Lipinski definition) is 6. The van der Waals surface area contributed by atoms with Crippen LogP contribution in [0.15, 0.2) is 54.6 Å². The quantitative estimate of drug-likeness (QED) is 0.618. The Hall–Kier alpha value is -3.26. The van der Waals surface area contributed by atoms with Gasteiger partial charge >= 0.3 is 6.09 Å². The number of ether oxygens (including phenoxy) is 1. The van der Waals surface area contributed by atoms with Gasteiger partial charge in [-0.25, -0.2) is 9.69 Å². The number of carbonyl (C=O) groups excluding carboxylic acids is 2. The highest BCUT2D eigenvalue weighted by Gasteiger charge is 2.38. The SMILES string of the molecule is O=C(C[C@H](O)c1ccc([N+](=O)[O-])cc1)N1C(=O)OC[C@@H]1Cc1ccccc1. The molecule has 0 unspecified atom stereocenters. The molecule has 1 heterocycles. The van der Waals surface area contributed by atoms with Crippen LogP contribution in [0.4, 0.5) is 10.5 Å². The summed E-state index contributed by atoms with van der Waals surface area (Å²) in [6.07, 6.45) is -1.76. The molecular formula is C19H18N2O6. The number of nitrogens with zero attached hydrogens (tertiary/aromatic N) is 2. The average Bonchev–Trinajstić information content (AvgIpc) is 3.02. The lowest BCUT2D eigenvalue weighted by molar-refractivity contribution is -0.384. The van der Waals surface area contributed by atoms with E-state index in [4.69, 9.17) is 4.74 Å². The molecule has 8 heteroatoms. The lowest BCUT2D eigenvalue weighted by Crippen LogP contribution is -2.40. The summed E-state index contributed by atoms with van der Waals surface area (Å²) in [5.74, 6) is -0.552. The second kappa shape index (κ2) is 7.96. The molecule has 0 radical (unpaired) electrons. The number of carbonyl (C=O) groups is 2. The fraction of sp³-hybridized carbons (Fsp3) is 0.263. The molecule has 1 N–H and O–H groups in total. The summed E-state index contributed by atoms with van der Waals surface area (Å²) in [5, 5.41) is 21.0. The molecule has 0 aliphatic carbocycles. The molecule has 2 aromatic rings. The molecule has 0 saturated carbocycles. The van der Waals surface area contributed by atoms with Crippen LogP contribution in [-0.4, -0.2) is 39.6 Å². The Labute approximate surface area is 155 Å². The highest BCUT2D eigenvalue weighted by molar-refractivity contribution is 5.93. The summed E-state index contributed by atoms with van der Waals surface area (Å²) in [5.41, 5.74) is 1.22. The molecule has 0 spiro atoms. The van der Waals surface area contributed by atoms with Crippen LogP contribution < -0.4 is 0 Å². The molecule has 140 valence electrons. The lowest BCUT2D eigenvalue weighted by Gasteiger charge is -2.21. The summed E-state index contributed by atoms with van der Waals surface area (Å²) < 4.78 is 5.01. The van der Waals surface area contributed by atoms with E-state index in [0.29, 0.717) is 12.0 Å². The summed E-state index contributed by atoms with van der Waals surface area (Å²) in [4.78, 5) is 35.7. The zero-order chi connectivity index (χ0) is 19.4. The molecule has 1 aliphatic rings. The second-order valence-corrected chi connectivity index (χ2v) is 6.25. The van der Waals surface area contributed by atoms with Gasteiger partial charge in [0.1, 0.15) is 6.61 Å². The zero-order valence-electron chi connectivity index (χ0n) is 14.4. The van der Waals surface area contributed by atoms with Gasteiger partial charge in [0.2, 0.25) is 5.91 Å². The number of nitro benzene ring substituents is 1. The topological polar surface area (TPSA) is 110 Å². The Morgan fingerprint density at radius 1 is 1.22 bits per heavy atom. The van der Waals surface area contributed by atoms with Gasteiger partial charge in [-0.15, -0.1) is 0 Å². The van der Waals surface area contributed by atoms with E-state index in [-0.39, 0.29) is 18.7 Å². The molecular weight excluding hydrogens is 352 g/mol. The Balaban J connectivity index is 1.67. The summed E-state index contributed by atoms with van der Waals surface area (Å²) in [6.45, 7) is 0.104. The number of hydrogen-bond donors (Lipinski definition) is 1. The van der Waals surface area contributed by atoms with Crippen molar-refractivity contribution in [2.24, 2.45) is 0 Å². The third-order valence-electron chi connectivity index (χ3n) is 4.40. The number of non-ortho nitro benzene ring substituents is 1. The largest absolute Gasteiger partial charge is 0.447 e. The predicted molar refractivity (Wildman–Crippen MR) is 94.8 cm³/mol. The summed E-state index contributed by atoms with van der Waals surface area (Å²) in [7, 11) is 0. The Morgan fingerprint density at radius 2 is 1.89 bits per heavy atom. The normalized spacial score (nSPS) is 17.4. The van der Waals surface area contributed by atoms with Crippen molar-refractivity contribution >= 4 is 17.7 Å². The van der Waals surface area contributed by atoms with E-state index in [1.807, 2.05) is 30.3 Å². The molecule has 1 aliphatic heterocycles. The van der Waals surface area contributed by atoms with Crippen molar-refractivity contribution in [1.82, 2.24) is 4.90 Å². The van der Waals surface area contributed by atoms with E-state index in [1.165, 1.54) is 24.3 Å². The average molecular weight is 370 g/mol. The standard InChI is InChI=1S/C19H18N2O6/c22-17(14-6-8-15(9-7-14)21(25)26)11-18(23)20-16(12-27-19(20)24)10-13-4-2-1-3-5-13/h1-9,16-17,22H,10-12H2/t16-,17-/m0/s1. The van der Waals surface area contributed by atoms with Crippen LogP contribution in [-0.2, 0) is 16.0 Å². The van der Waals surface area contributed by atoms with Crippen molar-refractivity contribution in [3.63, 3.8) is 0 Å². The monoisotopic (exact) mass is 370 g/mol. The molecule has 27 heavy (non-hydrogen) atoms. The summed E-state index contributed by atoms with van der Waals surface area (Å²) in [6, 6.07) is 14.3. The number of imide groups is 1. The Morgan fingerprint density at radius 3 is 2.52 bits per heavy atom. The van der Waals surface area contributed by atoms with E-state index >= 15 is 0 Å². The van der Waals surface area contributed by atoms with Gasteiger partial charge in [0.25, 0.3) is 5.69 Å². The van der Waals surface area contributed by atoms with Crippen LogP contribution in [0.25, 0.3) is 0 Å². The highest BCUT2D eigenvalue weighted by Crippen LogP contribution is 2.24. The second-order valence-electron chi connectivity index (χ2n) is 6.25. The van der Waals surface area contributed by atoms with E-state index in [0.717, 1.165) is 10.5 Å². The van der Waals surface area contributed by atoms with Crippen molar-refractivity contribution in [3.05, 3.63) is 75.8 Å². The third kappa shape index (κ3) is 4.29. The van der Waals surface area contributed by atoms with E-state index in [2.05, 4.69) is 0 Å². The van der Waals surface area contributed by atoms with E-state index in [1.54, 1.807) is 0 Å². The fourth-order valence-electron chi connectivity index (χ4n) is 3.00. The van der Waals surface area contributed by atoms with Crippen LogP contribution in [0.5, 0.6) is 0 Å². The van der Waals surface area contributed by atoms with Gasteiger partial charge < -0.3 is 9.84 Å². The Kier molecular flexibility index (Phi) is 5.46. The van der Waals surface area contributed by atoms with Gasteiger partial charge in [0, 0.05) is 12.1 Å². The van der Waals surface area contributed by atoms with Gasteiger partial charge in [-0.2, -0.15) is 0 Å². The van der Waals surface area contributed by atoms with E-state index < -0.39 is 29.1 Å². The molecule has 0 aromatic heterocycles. The smallest absolute Gasteiger partial charge is 0.416 e. The first-order valence-corrected chi connectivity index (χ1v) is 8.41. The maximum Gasteiger partial charge on any atom is 0.416 e. The van der Waals surface area contributed by atoms with Crippen LogP contribution in [0.1, 0.15) is 23.7 Å². The molecule has 1 saturated heterocycles. The first-order valence-electron chi connectivity index (χ1n) is 8.41. The number of rotatable bonds is 6. The fourth-order valence-corrected chi connectivity index (χ4v) is 3.00. The van der Waals surface area contributed by atoms with Crippen LogP contribution in [0, 0.1) is 10.1 Å². The molecule has 2 aromatic carbocycles. The molecule has 1 fully saturated rings. The van der Waals surface area contributed by atoms with Crippen molar-refractivity contribution in [1.29, 1.82) is 0 Å². The molecule has 8 nitrogen and oxygen atoms in total. The highest BCUT2D eigenvalue weighted by atomic mass is 16.6. The molecule has 3 rings (SSSR count). The van der Waals surface area contributed by atoms with Gasteiger partial charge in [-0.3, -0.25) is 14.9 Å². The predicted octanol–water partition coefficient (Wildman–Crippen LogP) is 2.61. The zero-order valence-corrected chi connectivity index (χ0v) is 14.4. The van der Waals surface area contributed by atoms with Crippen molar-refractivity contribution in [3.8, 4) is 0 Å². The third-order valence-corrected chi connectivity index (χ3v) is 4.40. The minimum absolute atomic E-state index is 0.104. The Bertz CT molecular complexity index is 837. The van der Waals surface area contributed by atoms with Crippen LogP contribution in [0.2, 0.25) is 0 Å². The van der Waals surface area contributed by atoms with Gasteiger partial charge in [-0.1, -0.05) is 30.3 Å². The number of nitro groups is 1. The lowest BCUT2D eigenvalue weighted by atomic mass is 10.0. The number of benzene rings is 2. The van der Waals surface area contributed by atoms with E-state index in [9.17, 15) is 24.8 Å². The first-order chi connectivity index (χ1) is 13.0. The van der Waals surface area contributed by atoms with Gasteiger partial charge in [0.15, 0.2) is 0 Å². The van der Waals surface area contributed by atoms with Crippen molar-refractivity contribution in [2.45, 2.75) is 25.0 Å². The van der Waals surface area contributed by atoms with Crippen molar-refractivity contribution < 1.29 is 24.4 Å². The van der Waals surface area contributed by atoms with Gasteiger partial charge in [0.05, 0.1) is 23.5 Å². The number of amides is 2. The van der Waals surface area contributed by atoms with Gasteiger partial charge in [-0.05, 0) is 29.7 Å². The number of cyclic esters (lactones) is 1. The van der Waals surface area contributed by atoms with Crippen LogP contribution in [0.3, 0.4) is 0 Å².